The fourth-order valence-corrected chi connectivity index (χ4v) is 3.31. The Labute approximate surface area is 105 Å². The largest absolute Gasteiger partial charge is 0.327 e. The van der Waals surface area contributed by atoms with Gasteiger partial charge in [-0.3, -0.25) is 0 Å². The number of allylic oxidation sites excluding steroid dienone is 2. The Bertz CT molecular complexity index is 394. The van der Waals surface area contributed by atoms with Gasteiger partial charge in [-0.2, -0.15) is 5.26 Å². The van der Waals surface area contributed by atoms with Crippen LogP contribution in [0.4, 0.5) is 0 Å². The third-order valence-corrected chi connectivity index (χ3v) is 4.22. The van der Waals surface area contributed by atoms with E-state index >= 15 is 0 Å². The fourth-order valence-electron chi connectivity index (χ4n) is 3.31. The van der Waals surface area contributed by atoms with Gasteiger partial charge in [-0.25, -0.2) is 0 Å². The number of nitrogens with zero attached hydrogens (tertiary/aromatic N) is 1. The van der Waals surface area contributed by atoms with Crippen LogP contribution in [0.15, 0.2) is 24.3 Å². The molecule has 94 valence electrons. The van der Waals surface area contributed by atoms with E-state index < -0.39 is 0 Å². The van der Waals surface area contributed by atoms with Crippen molar-refractivity contribution < 1.29 is 0 Å². The van der Waals surface area contributed by atoms with Crippen molar-refractivity contribution in [1.82, 2.24) is 0 Å². The fraction of sp³-hybridized carbons (Fsp3) is 0.667. The molecule has 2 nitrogen and oxygen atoms in total. The third kappa shape index (κ3) is 2.05. The van der Waals surface area contributed by atoms with Crippen LogP contribution in [-0.4, -0.2) is 6.04 Å². The topological polar surface area (TPSA) is 49.8 Å². The molecule has 1 saturated carbocycles. The summed E-state index contributed by atoms with van der Waals surface area (Å²) < 4.78 is 0. The monoisotopic (exact) mass is 232 g/mol. The first-order valence-electron chi connectivity index (χ1n) is 6.08. The van der Waals surface area contributed by atoms with Crippen molar-refractivity contribution in [2.24, 2.45) is 28.4 Å². The van der Waals surface area contributed by atoms with E-state index in [-0.39, 0.29) is 22.8 Å². The van der Waals surface area contributed by atoms with Gasteiger partial charge < -0.3 is 5.73 Å². The second-order valence-corrected chi connectivity index (χ2v) is 6.65. The normalized spacial score (nSPS) is 33.7. The average Bonchev–Trinajstić information content (AvgIpc) is 2.82. The van der Waals surface area contributed by atoms with E-state index in [0.717, 1.165) is 5.57 Å². The van der Waals surface area contributed by atoms with Crippen LogP contribution in [0.3, 0.4) is 0 Å². The van der Waals surface area contributed by atoms with Crippen LogP contribution in [0.5, 0.6) is 0 Å². The predicted octanol–water partition coefficient (Wildman–Crippen LogP) is 3.27. The number of hydrogen-bond donors (Lipinski definition) is 1. The van der Waals surface area contributed by atoms with E-state index in [0.29, 0.717) is 11.5 Å². The van der Waals surface area contributed by atoms with E-state index in [1.54, 1.807) is 0 Å². The molecule has 0 aliphatic heterocycles. The zero-order valence-corrected chi connectivity index (χ0v) is 11.7. The maximum absolute atomic E-state index is 9.04. The average molecular weight is 232 g/mol. The molecule has 2 N–H and O–H groups in total. The first kappa shape index (κ1) is 14.0. The first-order valence-corrected chi connectivity index (χ1v) is 6.08. The number of nitrogens with two attached hydrogens (primary N) is 1. The Kier molecular flexibility index (Phi) is 3.29. The molecule has 1 fully saturated rings. The number of rotatable bonds is 3. The van der Waals surface area contributed by atoms with Gasteiger partial charge >= 0.3 is 0 Å². The number of hydrogen-bond acceptors (Lipinski definition) is 2. The Morgan fingerprint density at radius 1 is 1.35 bits per heavy atom. The van der Waals surface area contributed by atoms with Crippen molar-refractivity contribution in [3.8, 4) is 6.07 Å². The third-order valence-electron chi connectivity index (χ3n) is 4.22. The van der Waals surface area contributed by atoms with Gasteiger partial charge in [-0.15, -0.1) is 0 Å². The number of nitriles is 1. The van der Waals surface area contributed by atoms with Crippen LogP contribution in [0.2, 0.25) is 0 Å². The van der Waals surface area contributed by atoms with Crippen molar-refractivity contribution in [2.45, 2.75) is 40.7 Å². The van der Waals surface area contributed by atoms with Gasteiger partial charge in [0.1, 0.15) is 0 Å². The molecule has 0 aromatic carbocycles. The summed E-state index contributed by atoms with van der Waals surface area (Å²) in [6.45, 7) is 18.5. The SMILES string of the molecule is C=C(C)C1C(C(=C)C#N)C1(C)C(N)C(C)(C)C. The quantitative estimate of drug-likeness (QED) is 0.599. The summed E-state index contributed by atoms with van der Waals surface area (Å²) in [5, 5.41) is 9.04. The standard InChI is InChI=1S/C15H24N2/c1-9(2)11-12(10(3)8-16)15(11,7)13(17)14(4,5)6/h11-13H,1,3,17H2,2,4-7H3. The summed E-state index contributed by atoms with van der Waals surface area (Å²) >= 11 is 0. The van der Waals surface area contributed by atoms with E-state index in [2.05, 4.69) is 46.9 Å². The Hall–Kier alpha value is -1.07. The highest BCUT2D eigenvalue weighted by atomic mass is 14.8. The zero-order valence-electron chi connectivity index (χ0n) is 11.7. The summed E-state index contributed by atoms with van der Waals surface area (Å²) in [7, 11) is 0. The van der Waals surface area contributed by atoms with Crippen LogP contribution in [0.25, 0.3) is 0 Å². The minimum absolute atomic E-state index is 0.0208. The highest BCUT2D eigenvalue weighted by Crippen LogP contribution is 2.67. The molecule has 0 heterocycles. The first-order chi connectivity index (χ1) is 7.58. The lowest BCUT2D eigenvalue weighted by molar-refractivity contribution is 0.216. The van der Waals surface area contributed by atoms with Gasteiger partial charge in [0.15, 0.2) is 0 Å². The molecule has 0 aromatic rings. The molecule has 1 aliphatic rings. The van der Waals surface area contributed by atoms with Crippen molar-refractivity contribution in [2.75, 3.05) is 0 Å². The van der Waals surface area contributed by atoms with Crippen molar-refractivity contribution >= 4 is 0 Å². The van der Waals surface area contributed by atoms with Gasteiger partial charge in [0.05, 0.1) is 6.07 Å². The Morgan fingerprint density at radius 2 is 1.82 bits per heavy atom. The van der Waals surface area contributed by atoms with E-state index in [4.69, 9.17) is 11.0 Å². The molecule has 0 radical (unpaired) electrons. The van der Waals surface area contributed by atoms with Crippen molar-refractivity contribution in [1.29, 1.82) is 5.26 Å². The van der Waals surface area contributed by atoms with Crippen LogP contribution >= 0.6 is 0 Å². The van der Waals surface area contributed by atoms with Gasteiger partial charge in [0.2, 0.25) is 0 Å². The van der Waals surface area contributed by atoms with Gasteiger partial charge in [-0.05, 0) is 23.7 Å². The molecule has 1 rings (SSSR count). The second kappa shape index (κ2) is 3.99. The summed E-state index contributed by atoms with van der Waals surface area (Å²) in [6.07, 6.45) is 0. The second-order valence-electron chi connectivity index (χ2n) is 6.65. The molecular formula is C15H24N2. The predicted molar refractivity (Wildman–Crippen MR) is 72.1 cm³/mol. The van der Waals surface area contributed by atoms with Gasteiger partial charge in [-0.1, -0.05) is 46.4 Å². The maximum atomic E-state index is 9.04. The molecule has 1 aliphatic carbocycles. The Balaban J connectivity index is 3.09. The lowest BCUT2D eigenvalue weighted by Crippen LogP contribution is -2.43. The molecule has 0 aromatic heterocycles. The maximum Gasteiger partial charge on any atom is 0.0944 e. The molecular weight excluding hydrogens is 208 g/mol. The van der Waals surface area contributed by atoms with Crippen LogP contribution in [0, 0.1) is 34.0 Å². The molecule has 0 bridgehead atoms. The summed E-state index contributed by atoms with van der Waals surface area (Å²) in [4.78, 5) is 0. The minimum atomic E-state index is -0.0725. The summed E-state index contributed by atoms with van der Waals surface area (Å²) in [5.74, 6) is 0.461. The highest BCUT2D eigenvalue weighted by molar-refractivity contribution is 5.39. The van der Waals surface area contributed by atoms with Crippen molar-refractivity contribution in [3.05, 3.63) is 24.3 Å². The molecule has 0 spiro atoms. The smallest absolute Gasteiger partial charge is 0.0944 e. The van der Waals surface area contributed by atoms with E-state index in [1.807, 2.05) is 6.92 Å². The molecule has 0 saturated heterocycles. The van der Waals surface area contributed by atoms with Crippen LogP contribution in [0.1, 0.15) is 34.6 Å². The van der Waals surface area contributed by atoms with E-state index in [9.17, 15) is 0 Å². The lowest BCUT2D eigenvalue weighted by atomic mass is 9.75. The lowest BCUT2D eigenvalue weighted by Gasteiger charge is -2.34. The molecule has 0 amide bonds. The van der Waals surface area contributed by atoms with Crippen molar-refractivity contribution in [3.63, 3.8) is 0 Å². The summed E-state index contributed by atoms with van der Waals surface area (Å²) in [5.41, 5.74) is 8.10. The Morgan fingerprint density at radius 3 is 2.12 bits per heavy atom. The van der Waals surface area contributed by atoms with Crippen LogP contribution in [-0.2, 0) is 0 Å². The van der Waals surface area contributed by atoms with E-state index in [1.165, 1.54) is 0 Å². The minimum Gasteiger partial charge on any atom is -0.327 e. The van der Waals surface area contributed by atoms with Gasteiger partial charge in [0, 0.05) is 17.5 Å². The molecule has 2 heteroatoms. The zero-order chi connectivity index (χ0) is 13.6. The van der Waals surface area contributed by atoms with Gasteiger partial charge in [0.25, 0.3) is 0 Å². The highest BCUT2D eigenvalue weighted by Gasteiger charge is 2.66. The molecule has 4 atom stereocenters. The summed E-state index contributed by atoms with van der Waals surface area (Å²) in [6, 6.07) is 2.22. The van der Waals surface area contributed by atoms with Crippen LogP contribution < -0.4 is 5.73 Å². The molecule has 17 heavy (non-hydrogen) atoms. The molecule has 4 unspecified atom stereocenters.